The van der Waals surface area contributed by atoms with Crippen LogP contribution in [-0.2, 0) is 0 Å². The Kier molecular flexibility index (Phi) is 8.91. The normalized spacial score (nSPS) is 13.4. The third-order valence-corrected chi connectivity index (χ3v) is 4.63. The molecule has 0 heterocycles. The first-order chi connectivity index (χ1) is 11.0. The Bertz CT molecular complexity index is 470. The minimum absolute atomic E-state index is 0.112. The van der Waals surface area contributed by atoms with Crippen LogP contribution in [0.3, 0.4) is 0 Å². The highest BCUT2D eigenvalue weighted by atomic mass is 16.1. The molecule has 1 aromatic rings. The maximum Gasteiger partial charge on any atom is 0.166 e. The molecule has 128 valence electrons. The number of hydrogen-bond donors (Lipinski definition) is 0. The van der Waals surface area contributed by atoms with E-state index in [1.807, 2.05) is 30.3 Å². The van der Waals surface area contributed by atoms with Crippen LogP contribution in [0.4, 0.5) is 0 Å². The molecule has 0 fully saturated rings. The van der Waals surface area contributed by atoms with Crippen LogP contribution in [-0.4, -0.2) is 5.78 Å². The van der Waals surface area contributed by atoms with Crippen molar-refractivity contribution >= 4 is 5.78 Å². The highest BCUT2D eigenvalue weighted by molar-refractivity contribution is 5.97. The molecule has 0 saturated carbocycles. The van der Waals surface area contributed by atoms with Crippen LogP contribution in [0.1, 0.15) is 83.0 Å². The third-order valence-electron chi connectivity index (χ3n) is 4.63. The highest BCUT2D eigenvalue weighted by Gasteiger charge is 2.23. The Morgan fingerprint density at radius 2 is 1.78 bits per heavy atom. The van der Waals surface area contributed by atoms with Gasteiger partial charge < -0.3 is 0 Å². The molecule has 1 atom stereocenters. The lowest BCUT2D eigenvalue weighted by Crippen LogP contribution is -2.19. The molecule has 0 N–H and O–H groups in total. The largest absolute Gasteiger partial charge is 0.294 e. The number of benzene rings is 1. The number of unbranched alkanes of at least 4 members (excludes halogenated alkanes) is 1. The Hall–Kier alpha value is -1.37. The summed E-state index contributed by atoms with van der Waals surface area (Å²) in [5.74, 6) is 0.416. The van der Waals surface area contributed by atoms with Crippen LogP contribution in [0.2, 0.25) is 0 Å². The standard InChI is InChI=1S/C22H34O/c1-5-7-10-13-20(16-18-22(3,4)17-8-6-2)21(23)19-14-11-9-12-15-19/h7,9-12,14-15,20H,5-6,8,13,16-18H2,1-4H3. The van der Waals surface area contributed by atoms with Gasteiger partial charge in [-0.05, 0) is 37.5 Å². The average molecular weight is 315 g/mol. The van der Waals surface area contributed by atoms with Crippen molar-refractivity contribution in [3.05, 3.63) is 48.0 Å². The average Bonchev–Trinajstić information content (AvgIpc) is 2.56. The second kappa shape index (κ2) is 10.4. The molecule has 1 rings (SSSR count). The van der Waals surface area contributed by atoms with E-state index in [9.17, 15) is 4.79 Å². The lowest BCUT2D eigenvalue weighted by atomic mass is 9.78. The zero-order valence-electron chi connectivity index (χ0n) is 15.5. The summed E-state index contributed by atoms with van der Waals surface area (Å²) in [6.45, 7) is 9.06. The third kappa shape index (κ3) is 7.63. The Morgan fingerprint density at radius 1 is 1.09 bits per heavy atom. The summed E-state index contributed by atoms with van der Waals surface area (Å²) in [5, 5.41) is 0. The number of allylic oxidation sites excluding steroid dienone is 2. The molecule has 1 aromatic carbocycles. The van der Waals surface area contributed by atoms with Gasteiger partial charge in [0.05, 0.1) is 0 Å². The van der Waals surface area contributed by atoms with Crippen molar-refractivity contribution in [2.45, 2.75) is 72.6 Å². The van der Waals surface area contributed by atoms with E-state index in [0.29, 0.717) is 11.2 Å². The van der Waals surface area contributed by atoms with E-state index in [4.69, 9.17) is 0 Å². The van der Waals surface area contributed by atoms with Crippen LogP contribution in [0.15, 0.2) is 42.5 Å². The fourth-order valence-electron chi connectivity index (χ4n) is 2.97. The molecular formula is C22H34O. The van der Waals surface area contributed by atoms with E-state index in [2.05, 4.69) is 39.8 Å². The molecule has 0 spiro atoms. The summed E-state index contributed by atoms with van der Waals surface area (Å²) >= 11 is 0. The van der Waals surface area contributed by atoms with E-state index in [-0.39, 0.29) is 5.92 Å². The van der Waals surface area contributed by atoms with Gasteiger partial charge in [0.2, 0.25) is 0 Å². The van der Waals surface area contributed by atoms with E-state index in [1.54, 1.807) is 0 Å². The van der Waals surface area contributed by atoms with Gasteiger partial charge in [0.25, 0.3) is 0 Å². The summed E-state index contributed by atoms with van der Waals surface area (Å²) in [6.07, 6.45) is 12.1. The van der Waals surface area contributed by atoms with E-state index in [1.165, 1.54) is 19.3 Å². The van der Waals surface area contributed by atoms with Crippen molar-refractivity contribution in [2.75, 3.05) is 0 Å². The van der Waals surface area contributed by atoms with Gasteiger partial charge in [-0.15, -0.1) is 0 Å². The predicted molar refractivity (Wildman–Crippen MR) is 101 cm³/mol. The maximum atomic E-state index is 12.8. The first-order valence-electron chi connectivity index (χ1n) is 9.24. The molecule has 0 saturated heterocycles. The Morgan fingerprint density at radius 3 is 2.39 bits per heavy atom. The molecule has 0 aliphatic rings. The zero-order chi connectivity index (χ0) is 17.1. The predicted octanol–water partition coefficient (Wildman–Crippen LogP) is 6.84. The van der Waals surface area contributed by atoms with Gasteiger partial charge in [0, 0.05) is 11.5 Å². The van der Waals surface area contributed by atoms with Gasteiger partial charge in [-0.25, -0.2) is 0 Å². The maximum absolute atomic E-state index is 12.8. The highest BCUT2D eigenvalue weighted by Crippen LogP contribution is 2.32. The van der Waals surface area contributed by atoms with Gasteiger partial charge in [-0.1, -0.05) is 83.0 Å². The molecule has 0 amide bonds. The fraction of sp³-hybridized carbons (Fsp3) is 0.591. The number of carbonyl (C=O) groups is 1. The molecule has 1 heteroatoms. The number of rotatable bonds is 11. The second-order valence-corrected chi connectivity index (χ2v) is 7.35. The molecule has 0 radical (unpaired) electrons. The van der Waals surface area contributed by atoms with Crippen molar-refractivity contribution in [3.8, 4) is 0 Å². The van der Waals surface area contributed by atoms with Gasteiger partial charge in [0.1, 0.15) is 0 Å². The number of ketones is 1. The van der Waals surface area contributed by atoms with Crippen molar-refractivity contribution in [1.82, 2.24) is 0 Å². The molecule has 0 bridgehead atoms. The van der Waals surface area contributed by atoms with Crippen LogP contribution in [0, 0.1) is 11.3 Å². The van der Waals surface area contributed by atoms with Crippen LogP contribution < -0.4 is 0 Å². The Labute approximate surface area is 143 Å². The molecule has 23 heavy (non-hydrogen) atoms. The fourth-order valence-corrected chi connectivity index (χ4v) is 2.97. The number of Topliss-reactive ketones (excluding diaryl/α,β-unsaturated/α-hetero) is 1. The second-order valence-electron chi connectivity index (χ2n) is 7.35. The lowest BCUT2D eigenvalue weighted by molar-refractivity contribution is 0.0902. The molecule has 0 aliphatic heterocycles. The topological polar surface area (TPSA) is 17.1 Å². The first-order valence-corrected chi connectivity index (χ1v) is 9.24. The minimum atomic E-state index is 0.112. The van der Waals surface area contributed by atoms with E-state index < -0.39 is 0 Å². The summed E-state index contributed by atoms with van der Waals surface area (Å²) in [7, 11) is 0. The number of hydrogen-bond acceptors (Lipinski definition) is 1. The van der Waals surface area contributed by atoms with Crippen molar-refractivity contribution in [3.63, 3.8) is 0 Å². The SMILES string of the molecule is CCC=CCC(CCC(C)(C)CCCC)C(=O)c1ccccc1. The van der Waals surface area contributed by atoms with Crippen molar-refractivity contribution in [1.29, 1.82) is 0 Å². The number of carbonyl (C=O) groups excluding carboxylic acids is 1. The summed E-state index contributed by atoms with van der Waals surface area (Å²) in [5.41, 5.74) is 1.19. The molecule has 0 aliphatic carbocycles. The Balaban J connectivity index is 2.72. The van der Waals surface area contributed by atoms with E-state index >= 15 is 0 Å². The lowest BCUT2D eigenvalue weighted by Gasteiger charge is -2.26. The summed E-state index contributed by atoms with van der Waals surface area (Å²) in [6, 6.07) is 9.77. The van der Waals surface area contributed by atoms with Crippen molar-refractivity contribution in [2.24, 2.45) is 11.3 Å². The van der Waals surface area contributed by atoms with Gasteiger partial charge in [-0.2, -0.15) is 0 Å². The van der Waals surface area contributed by atoms with Crippen LogP contribution in [0.25, 0.3) is 0 Å². The van der Waals surface area contributed by atoms with Crippen LogP contribution in [0.5, 0.6) is 0 Å². The molecule has 0 aromatic heterocycles. The zero-order valence-corrected chi connectivity index (χ0v) is 15.5. The summed E-state index contributed by atoms with van der Waals surface area (Å²) < 4.78 is 0. The monoisotopic (exact) mass is 314 g/mol. The van der Waals surface area contributed by atoms with Crippen molar-refractivity contribution < 1.29 is 4.79 Å². The van der Waals surface area contributed by atoms with Gasteiger partial charge >= 0.3 is 0 Å². The van der Waals surface area contributed by atoms with E-state index in [0.717, 1.165) is 31.2 Å². The van der Waals surface area contributed by atoms with Gasteiger partial charge in [0.15, 0.2) is 5.78 Å². The van der Waals surface area contributed by atoms with Crippen LogP contribution >= 0.6 is 0 Å². The summed E-state index contributed by atoms with van der Waals surface area (Å²) in [4.78, 5) is 12.8. The minimum Gasteiger partial charge on any atom is -0.294 e. The first kappa shape index (κ1) is 19.7. The molecular weight excluding hydrogens is 280 g/mol. The van der Waals surface area contributed by atoms with Gasteiger partial charge in [-0.3, -0.25) is 4.79 Å². The molecule has 1 nitrogen and oxygen atoms in total. The quantitative estimate of drug-likeness (QED) is 0.323. The smallest absolute Gasteiger partial charge is 0.166 e. The molecule has 1 unspecified atom stereocenters.